The molecule has 0 aromatic carbocycles. The molecule has 0 aliphatic heterocycles. The van der Waals surface area contributed by atoms with E-state index < -0.39 is 51.8 Å². The minimum atomic E-state index is -4.61. The maximum absolute atomic E-state index is 12.5. The Morgan fingerprint density at radius 2 is 1.09 bits per heavy atom. The molecule has 0 aliphatic rings. The van der Waals surface area contributed by atoms with Gasteiger partial charge in [-0.1, -0.05) is 102 Å². The Morgan fingerprint density at radius 3 is 1.63 bits per heavy atom. The van der Waals surface area contributed by atoms with Gasteiger partial charge in [0.1, 0.15) is 12.7 Å². The third kappa shape index (κ3) is 31.1. The molecule has 3 unspecified atom stereocenters. The molecule has 3 N–H and O–H groups in total. The second-order valence-electron chi connectivity index (χ2n) is 11.9. The molecular weight excluding hydrogens is 611 g/mol. The van der Waals surface area contributed by atoms with E-state index in [2.05, 4.69) is 42.7 Å². The zero-order valence-electron chi connectivity index (χ0n) is 28.8. The molecule has 270 valence electrons. The van der Waals surface area contributed by atoms with E-state index in [1.165, 1.54) is 32.1 Å². The monoisotopic (exact) mass is 676 g/mol. The van der Waals surface area contributed by atoms with Crippen LogP contribution in [0, 0.1) is 0 Å². The summed E-state index contributed by atoms with van der Waals surface area (Å²) >= 11 is 0. The molecule has 0 aromatic rings. The van der Waals surface area contributed by atoms with E-state index in [9.17, 15) is 24.2 Å². The normalized spacial score (nSPS) is 14.5. The Labute approximate surface area is 278 Å². The summed E-state index contributed by atoms with van der Waals surface area (Å²) in [7, 11) is -4.61. The van der Waals surface area contributed by atoms with Gasteiger partial charge in [-0.25, -0.2) is 4.57 Å². The molecule has 0 bridgehead atoms. The summed E-state index contributed by atoms with van der Waals surface area (Å²) in [5.74, 6) is -0.950. The van der Waals surface area contributed by atoms with Crippen molar-refractivity contribution < 1.29 is 47.8 Å². The molecule has 0 aliphatic carbocycles. The van der Waals surface area contributed by atoms with Gasteiger partial charge >= 0.3 is 19.8 Å². The van der Waals surface area contributed by atoms with Crippen molar-refractivity contribution in [2.24, 2.45) is 0 Å². The van der Waals surface area contributed by atoms with Crippen molar-refractivity contribution >= 4 is 19.8 Å². The van der Waals surface area contributed by atoms with Gasteiger partial charge in [0.2, 0.25) is 0 Å². The molecule has 0 spiro atoms. The Balaban J connectivity index is 4.44. The van der Waals surface area contributed by atoms with Gasteiger partial charge in [-0.3, -0.25) is 18.6 Å². The van der Waals surface area contributed by atoms with Crippen LogP contribution in [0.15, 0.2) is 24.3 Å². The fourth-order valence-electron chi connectivity index (χ4n) is 4.50. The van der Waals surface area contributed by atoms with Crippen molar-refractivity contribution in [3.8, 4) is 0 Å². The number of hydrogen-bond donors (Lipinski definition) is 3. The number of unbranched alkanes of at least 4 members (excludes halogenated alkanes) is 15. The van der Waals surface area contributed by atoms with Crippen LogP contribution < -0.4 is 0 Å². The summed E-state index contributed by atoms with van der Waals surface area (Å²) in [6, 6.07) is 0. The van der Waals surface area contributed by atoms with E-state index in [0.717, 1.165) is 77.0 Å². The highest BCUT2D eigenvalue weighted by molar-refractivity contribution is 7.47. The third-order valence-electron chi connectivity index (χ3n) is 7.33. The number of hydrogen-bond acceptors (Lipinski definition) is 9. The second-order valence-corrected chi connectivity index (χ2v) is 13.3. The van der Waals surface area contributed by atoms with E-state index in [-0.39, 0.29) is 19.4 Å². The lowest BCUT2D eigenvalue weighted by Crippen LogP contribution is -2.29. The van der Waals surface area contributed by atoms with Crippen molar-refractivity contribution in [2.45, 2.75) is 161 Å². The van der Waals surface area contributed by atoms with Crippen molar-refractivity contribution in [1.29, 1.82) is 0 Å². The molecule has 0 amide bonds. The van der Waals surface area contributed by atoms with Crippen LogP contribution in [-0.2, 0) is 32.7 Å². The van der Waals surface area contributed by atoms with E-state index in [0.29, 0.717) is 12.8 Å². The number of allylic oxidation sites excluding steroid dienone is 4. The first-order valence-electron chi connectivity index (χ1n) is 17.8. The summed E-state index contributed by atoms with van der Waals surface area (Å²) in [5.41, 5.74) is 0. The number of carbonyl (C=O) groups excluding carboxylic acids is 2. The van der Waals surface area contributed by atoms with E-state index in [1.54, 1.807) is 0 Å². The van der Waals surface area contributed by atoms with Crippen LogP contribution in [0.1, 0.15) is 149 Å². The van der Waals surface area contributed by atoms with Crippen molar-refractivity contribution in [3.05, 3.63) is 24.3 Å². The number of phosphoric ester groups is 1. The summed E-state index contributed by atoms with van der Waals surface area (Å²) in [6.45, 7) is 2.26. The highest BCUT2D eigenvalue weighted by Gasteiger charge is 2.27. The van der Waals surface area contributed by atoms with Crippen LogP contribution in [0.5, 0.6) is 0 Å². The fourth-order valence-corrected chi connectivity index (χ4v) is 5.29. The fraction of sp³-hybridized carbons (Fsp3) is 0.829. The van der Waals surface area contributed by atoms with Crippen LogP contribution in [0.4, 0.5) is 0 Å². The largest absolute Gasteiger partial charge is 0.472 e. The zero-order chi connectivity index (χ0) is 34.1. The number of aliphatic hydroxyl groups is 2. The Kier molecular flexibility index (Phi) is 30.9. The molecule has 0 rings (SSSR count). The Morgan fingerprint density at radius 1 is 0.630 bits per heavy atom. The molecule has 0 aromatic heterocycles. The Hall–Kier alpha value is -1.55. The molecule has 46 heavy (non-hydrogen) atoms. The van der Waals surface area contributed by atoms with Gasteiger partial charge in [-0.2, -0.15) is 0 Å². The smallest absolute Gasteiger partial charge is 0.462 e. The number of ether oxygens (including phenoxy) is 2. The second kappa shape index (κ2) is 32.0. The first kappa shape index (κ1) is 44.5. The lowest BCUT2D eigenvalue weighted by Gasteiger charge is -2.20. The molecule has 11 heteroatoms. The number of phosphoric acid groups is 1. The standard InChI is InChI=1S/C35H65O10P/c1-3-5-7-9-11-13-15-17-19-21-23-25-27-35(39)45-33(31-44-46(40,41)43-29-32(37)28-36)30-42-34(38)26-24-22-20-18-16-14-12-10-8-6-4-2/h10-13,32-33,36-37H,3-9,14-31H2,1-2H3,(H,40,41)/b12-10-,13-11-. The summed E-state index contributed by atoms with van der Waals surface area (Å²) in [5, 5.41) is 18.2. The highest BCUT2D eigenvalue weighted by Crippen LogP contribution is 2.43. The van der Waals surface area contributed by atoms with Gasteiger partial charge < -0.3 is 24.6 Å². The predicted molar refractivity (Wildman–Crippen MR) is 182 cm³/mol. The molecule has 3 atom stereocenters. The van der Waals surface area contributed by atoms with Gasteiger partial charge in [0, 0.05) is 12.8 Å². The van der Waals surface area contributed by atoms with Crippen LogP contribution in [0.2, 0.25) is 0 Å². The SMILES string of the molecule is CCCC/C=C\CCCCCCCC(=O)OCC(COP(=O)(O)OCC(O)CO)OC(=O)CCCCCCC/C=C\CCCCC. The molecular formula is C35H65O10P. The molecule has 0 heterocycles. The van der Waals surface area contributed by atoms with Gasteiger partial charge in [0.25, 0.3) is 0 Å². The molecule has 10 nitrogen and oxygen atoms in total. The quantitative estimate of drug-likeness (QED) is 0.0268. The lowest BCUT2D eigenvalue weighted by atomic mass is 10.1. The van der Waals surface area contributed by atoms with Gasteiger partial charge in [0.15, 0.2) is 6.10 Å². The van der Waals surface area contributed by atoms with Crippen LogP contribution in [-0.4, -0.2) is 65.7 Å². The first-order chi connectivity index (χ1) is 22.2. The van der Waals surface area contributed by atoms with Crippen LogP contribution in [0.25, 0.3) is 0 Å². The van der Waals surface area contributed by atoms with Crippen molar-refractivity contribution in [1.82, 2.24) is 0 Å². The topological polar surface area (TPSA) is 149 Å². The van der Waals surface area contributed by atoms with E-state index >= 15 is 0 Å². The number of aliphatic hydroxyl groups excluding tert-OH is 2. The van der Waals surface area contributed by atoms with Crippen molar-refractivity contribution in [2.75, 3.05) is 26.4 Å². The summed E-state index contributed by atoms with van der Waals surface area (Å²) in [4.78, 5) is 34.7. The van der Waals surface area contributed by atoms with Gasteiger partial charge in [-0.05, 0) is 57.8 Å². The third-order valence-corrected chi connectivity index (χ3v) is 8.28. The number of esters is 2. The molecule has 0 saturated carbocycles. The van der Waals surface area contributed by atoms with E-state index in [4.69, 9.17) is 19.1 Å². The first-order valence-corrected chi connectivity index (χ1v) is 19.3. The summed E-state index contributed by atoms with van der Waals surface area (Å²) in [6.07, 6.45) is 27.3. The van der Waals surface area contributed by atoms with E-state index in [1.807, 2.05) is 0 Å². The van der Waals surface area contributed by atoms with Gasteiger partial charge in [-0.15, -0.1) is 0 Å². The van der Waals surface area contributed by atoms with Crippen molar-refractivity contribution in [3.63, 3.8) is 0 Å². The molecule has 0 saturated heterocycles. The Bertz CT molecular complexity index is 832. The molecule has 0 radical (unpaired) electrons. The maximum Gasteiger partial charge on any atom is 0.472 e. The average Bonchev–Trinajstić information content (AvgIpc) is 3.04. The average molecular weight is 677 g/mol. The minimum Gasteiger partial charge on any atom is -0.462 e. The highest BCUT2D eigenvalue weighted by atomic mass is 31.2. The lowest BCUT2D eigenvalue weighted by molar-refractivity contribution is -0.161. The molecule has 0 fully saturated rings. The number of carbonyl (C=O) groups is 2. The van der Waals surface area contributed by atoms with Gasteiger partial charge in [0.05, 0.1) is 19.8 Å². The summed E-state index contributed by atoms with van der Waals surface area (Å²) < 4.78 is 32.5. The van der Waals surface area contributed by atoms with Crippen LogP contribution >= 0.6 is 7.82 Å². The minimum absolute atomic E-state index is 0.173. The van der Waals surface area contributed by atoms with Crippen LogP contribution in [0.3, 0.4) is 0 Å². The predicted octanol–water partition coefficient (Wildman–Crippen LogP) is 8.27. The maximum atomic E-state index is 12.5. The zero-order valence-corrected chi connectivity index (χ0v) is 29.7. The number of rotatable bonds is 33.